The number of hydrogen-bond acceptors (Lipinski definition) is 3. The molecule has 0 aromatic carbocycles. The lowest BCUT2D eigenvalue weighted by Crippen LogP contribution is -2.35. The van der Waals surface area contributed by atoms with Crippen molar-refractivity contribution in [1.29, 1.82) is 0 Å². The molecular weight excluding hydrogens is 178 g/mol. The Morgan fingerprint density at radius 2 is 2.00 bits per heavy atom. The average Bonchev–Trinajstić information content (AvgIpc) is 1.92. The van der Waals surface area contributed by atoms with E-state index in [0.717, 1.165) is 12.8 Å². The zero-order chi connectivity index (χ0) is 10.8. The van der Waals surface area contributed by atoms with Crippen LogP contribution < -0.4 is 5.73 Å². The zero-order valence-electron chi connectivity index (χ0n) is 8.96. The van der Waals surface area contributed by atoms with Gasteiger partial charge in [-0.1, -0.05) is 5.92 Å². The van der Waals surface area contributed by atoms with E-state index in [1.807, 2.05) is 20.8 Å². The van der Waals surface area contributed by atoms with Crippen LogP contribution in [0.15, 0.2) is 0 Å². The summed E-state index contributed by atoms with van der Waals surface area (Å²) in [4.78, 5) is 11.2. The molecule has 78 valence electrons. The van der Waals surface area contributed by atoms with E-state index < -0.39 is 11.6 Å². The standard InChI is InChI=1S/C11H17NO2/c1-11(2,3)14-10(13)5-4-8-6-9(12)7-8/h8-9H,6-7,12H2,1-3H3. The molecular formula is C11H17NO2. The number of carbonyl (C=O) groups excluding carboxylic acids is 1. The van der Waals surface area contributed by atoms with Crippen LogP contribution in [0.4, 0.5) is 0 Å². The Morgan fingerprint density at radius 3 is 2.43 bits per heavy atom. The van der Waals surface area contributed by atoms with Crippen molar-refractivity contribution in [2.24, 2.45) is 11.7 Å². The average molecular weight is 195 g/mol. The van der Waals surface area contributed by atoms with E-state index in [9.17, 15) is 4.79 Å². The minimum absolute atomic E-state index is 0.271. The van der Waals surface area contributed by atoms with Crippen LogP contribution in [0.2, 0.25) is 0 Å². The third-order valence-electron chi connectivity index (χ3n) is 1.95. The normalized spacial score (nSPS) is 25.7. The predicted octanol–water partition coefficient (Wildman–Crippen LogP) is 1.07. The summed E-state index contributed by atoms with van der Waals surface area (Å²) in [7, 11) is 0. The Bertz CT molecular complexity index is 274. The Hall–Kier alpha value is -1.01. The summed E-state index contributed by atoms with van der Waals surface area (Å²) >= 11 is 0. The molecule has 1 rings (SSSR count). The van der Waals surface area contributed by atoms with Gasteiger partial charge in [0.2, 0.25) is 0 Å². The smallest absolute Gasteiger partial charge is 0.384 e. The number of hydrogen-bond donors (Lipinski definition) is 1. The van der Waals surface area contributed by atoms with Gasteiger partial charge in [-0.15, -0.1) is 0 Å². The first-order chi connectivity index (χ1) is 6.37. The molecule has 0 aromatic heterocycles. The first-order valence-electron chi connectivity index (χ1n) is 4.87. The van der Waals surface area contributed by atoms with Crippen molar-refractivity contribution >= 4 is 5.97 Å². The van der Waals surface area contributed by atoms with Gasteiger partial charge in [0.25, 0.3) is 0 Å². The Morgan fingerprint density at radius 1 is 1.43 bits per heavy atom. The second-order valence-electron chi connectivity index (χ2n) is 4.70. The van der Waals surface area contributed by atoms with Gasteiger partial charge in [0.15, 0.2) is 0 Å². The van der Waals surface area contributed by atoms with E-state index in [4.69, 9.17) is 10.5 Å². The van der Waals surface area contributed by atoms with Gasteiger partial charge in [-0.3, -0.25) is 0 Å². The van der Waals surface area contributed by atoms with Crippen molar-refractivity contribution in [3.8, 4) is 11.8 Å². The van der Waals surface area contributed by atoms with Crippen LogP contribution in [0.1, 0.15) is 33.6 Å². The Balaban J connectivity index is 2.33. The van der Waals surface area contributed by atoms with E-state index in [2.05, 4.69) is 11.8 Å². The number of carbonyl (C=O) groups is 1. The lowest BCUT2D eigenvalue weighted by Gasteiger charge is -2.27. The van der Waals surface area contributed by atoms with Crippen molar-refractivity contribution in [1.82, 2.24) is 0 Å². The molecule has 1 aliphatic rings. The molecule has 1 fully saturated rings. The second kappa shape index (κ2) is 4.02. The van der Waals surface area contributed by atoms with Gasteiger partial charge < -0.3 is 10.5 Å². The second-order valence-corrected chi connectivity index (χ2v) is 4.70. The summed E-state index contributed by atoms with van der Waals surface area (Å²) in [5, 5.41) is 0. The first-order valence-corrected chi connectivity index (χ1v) is 4.87. The fraction of sp³-hybridized carbons (Fsp3) is 0.727. The zero-order valence-corrected chi connectivity index (χ0v) is 8.96. The minimum atomic E-state index is -0.457. The van der Waals surface area contributed by atoms with E-state index >= 15 is 0 Å². The van der Waals surface area contributed by atoms with Gasteiger partial charge in [0.05, 0.1) is 0 Å². The molecule has 0 radical (unpaired) electrons. The molecule has 1 saturated carbocycles. The van der Waals surface area contributed by atoms with Gasteiger partial charge in [-0.25, -0.2) is 4.79 Å². The lowest BCUT2D eigenvalue weighted by molar-refractivity contribution is -0.147. The molecule has 2 N–H and O–H groups in total. The van der Waals surface area contributed by atoms with Crippen molar-refractivity contribution < 1.29 is 9.53 Å². The molecule has 0 bridgehead atoms. The fourth-order valence-electron chi connectivity index (χ4n) is 1.24. The van der Waals surface area contributed by atoms with Gasteiger partial charge in [0.1, 0.15) is 5.60 Å². The highest BCUT2D eigenvalue weighted by Crippen LogP contribution is 2.24. The SMILES string of the molecule is CC(C)(C)OC(=O)C#CC1CC(N)C1. The maximum absolute atomic E-state index is 11.2. The summed E-state index contributed by atoms with van der Waals surface area (Å²) in [5.74, 6) is 5.21. The van der Waals surface area contributed by atoms with Crippen LogP contribution in [-0.2, 0) is 9.53 Å². The van der Waals surface area contributed by atoms with E-state index in [0.29, 0.717) is 0 Å². The molecule has 0 unspecified atom stereocenters. The molecule has 3 nitrogen and oxygen atoms in total. The molecule has 0 atom stereocenters. The maximum atomic E-state index is 11.2. The molecule has 0 saturated heterocycles. The number of ether oxygens (including phenoxy) is 1. The molecule has 0 heterocycles. The fourth-order valence-corrected chi connectivity index (χ4v) is 1.24. The molecule has 0 aliphatic heterocycles. The summed E-state index contributed by atoms with van der Waals surface area (Å²) in [6, 6.07) is 0.271. The molecule has 3 heteroatoms. The summed E-state index contributed by atoms with van der Waals surface area (Å²) in [5.41, 5.74) is 5.14. The topological polar surface area (TPSA) is 52.3 Å². The van der Waals surface area contributed by atoms with Crippen LogP contribution in [-0.4, -0.2) is 17.6 Å². The molecule has 0 aromatic rings. The quantitative estimate of drug-likeness (QED) is 0.357. The Labute approximate surface area is 85.0 Å². The largest absolute Gasteiger partial charge is 0.450 e. The highest BCUT2D eigenvalue weighted by Gasteiger charge is 2.24. The molecule has 0 spiro atoms. The molecule has 14 heavy (non-hydrogen) atoms. The predicted molar refractivity (Wildman–Crippen MR) is 54.3 cm³/mol. The van der Waals surface area contributed by atoms with E-state index in [1.165, 1.54) is 0 Å². The van der Waals surface area contributed by atoms with E-state index in [-0.39, 0.29) is 12.0 Å². The van der Waals surface area contributed by atoms with Crippen molar-refractivity contribution in [3.63, 3.8) is 0 Å². The molecule has 1 aliphatic carbocycles. The third kappa shape index (κ3) is 3.80. The summed E-state index contributed by atoms with van der Waals surface area (Å²) in [6.45, 7) is 5.48. The monoisotopic (exact) mass is 195 g/mol. The summed E-state index contributed by atoms with van der Waals surface area (Å²) in [6.07, 6.45) is 1.80. The van der Waals surface area contributed by atoms with E-state index in [1.54, 1.807) is 0 Å². The Kier molecular flexibility index (Phi) is 3.17. The van der Waals surface area contributed by atoms with Crippen LogP contribution in [0.25, 0.3) is 0 Å². The summed E-state index contributed by atoms with van der Waals surface area (Å²) < 4.78 is 5.04. The van der Waals surface area contributed by atoms with Gasteiger partial charge >= 0.3 is 5.97 Å². The minimum Gasteiger partial charge on any atom is -0.450 e. The highest BCUT2D eigenvalue weighted by atomic mass is 16.6. The van der Waals surface area contributed by atoms with Crippen LogP contribution in [0, 0.1) is 17.8 Å². The maximum Gasteiger partial charge on any atom is 0.384 e. The van der Waals surface area contributed by atoms with Crippen molar-refractivity contribution in [3.05, 3.63) is 0 Å². The number of nitrogens with two attached hydrogens (primary N) is 1. The van der Waals surface area contributed by atoms with Gasteiger partial charge in [-0.05, 0) is 33.6 Å². The lowest BCUT2D eigenvalue weighted by atomic mass is 9.81. The first kappa shape index (κ1) is 11.1. The number of esters is 1. The third-order valence-corrected chi connectivity index (χ3v) is 1.95. The van der Waals surface area contributed by atoms with Gasteiger partial charge in [0, 0.05) is 17.9 Å². The van der Waals surface area contributed by atoms with Gasteiger partial charge in [-0.2, -0.15) is 0 Å². The van der Waals surface area contributed by atoms with Crippen LogP contribution in [0.3, 0.4) is 0 Å². The molecule has 0 amide bonds. The van der Waals surface area contributed by atoms with Crippen molar-refractivity contribution in [2.45, 2.75) is 45.3 Å². The van der Waals surface area contributed by atoms with Crippen LogP contribution >= 0.6 is 0 Å². The number of rotatable bonds is 0. The highest BCUT2D eigenvalue weighted by molar-refractivity contribution is 5.88. The van der Waals surface area contributed by atoms with Crippen LogP contribution in [0.5, 0.6) is 0 Å². The van der Waals surface area contributed by atoms with Crippen molar-refractivity contribution in [2.75, 3.05) is 0 Å².